The largest absolute Gasteiger partial charge is 0.481 e. The van der Waals surface area contributed by atoms with Gasteiger partial charge in [-0.25, -0.2) is 4.79 Å². The molecule has 1 aromatic carbocycles. The molecule has 0 saturated carbocycles. The van der Waals surface area contributed by atoms with Gasteiger partial charge >= 0.3 is 12.0 Å². The number of likely N-dealkylation sites (tertiary alicyclic amines) is 1. The van der Waals surface area contributed by atoms with E-state index in [1.54, 1.807) is 17.0 Å². The van der Waals surface area contributed by atoms with Crippen molar-refractivity contribution in [1.29, 1.82) is 0 Å². The Morgan fingerprint density at radius 1 is 1.23 bits per heavy atom. The number of carbonyl (C=O) groups excluding carboxylic acids is 1. The summed E-state index contributed by atoms with van der Waals surface area (Å²) in [6.07, 6.45) is 0.874. The molecule has 1 saturated heterocycles. The first-order valence-corrected chi connectivity index (χ1v) is 7.67. The Balaban J connectivity index is 1.86. The molecule has 2 rings (SSSR count). The molecule has 2 N–H and O–H groups in total. The van der Waals surface area contributed by atoms with E-state index >= 15 is 0 Å². The monoisotopic (exact) mass is 330 g/mol. The number of alkyl halides is 2. The van der Waals surface area contributed by atoms with E-state index in [1.165, 1.54) is 12.1 Å². The predicted molar refractivity (Wildman–Crippen MR) is 79.3 cm³/mol. The molecular weight excluding hydrogens is 314 g/mol. The highest BCUT2D eigenvalue weighted by molar-refractivity contribution is 7.99. The topological polar surface area (TPSA) is 69.6 Å². The zero-order valence-electron chi connectivity index (χ0n) is 11.7. The molecule has 0 bridgehead atoms. The van der Waals surface area contributed by atoms with E-state index in [1.807, 2.05) is 0 Å². The molecular formula is C14H16F2N2O3S. The first-order valence-electron chi connectivity index (χ1n) is 6.79. The number of carbonyl (C=O) groups is 2. The van der Waals surface area contributed by atoms with Crippen LogP contribution in [0.2, 0.25) is 0 Å². The van der Waals surface area contributed by atoms with Gasteiger partial charge in [0.15, 0.2) is 0 Å². The summed E-state index contributed by atoms with van der Waals surface area (Å²) < 4.78 is 24.4. The van der Waals surface area contributed by atoms with Crippen LogP contribution >= 0.6 is 11.8 Å². The number of carboxylic acid groups (broad SMARTS) is 1. The number of nitrogens with zero attached hydrogens (tertiary/aromatic N) is 1. The van der Waals surface area contributed by atoms with Crippen LogP contribution in [0, 0.1) is 5.92 Å². The lowest BCUT2D eigenvalue weighted by molar-refractivity contribution is -0.143. The lowest BCUT2D eigenvalue weighted by Crippen LogP contribution is -2.42. The Kier molecular flexibility index (Phi) is 5.59. The number of amides is 2. The molecule has 2 amide bonds. The quantitative estimate of drug-likeness (QED) is 0.831. The summed E-state index contributed by atoms with van der Waals surface area (Å²) in [5.41, 5.74) is 0.518. The Hall–Kier alpha value is -1.83. The van der Waals surface area contributed by atoms with E-state index in [0.29, 0.717) is 48.3 Å². The highest BCUT2D eigenvalue weighted by atomic mass is 32.2. The molecule has 1 aromatic rings. The molecule has 0 aliphatic carbocycles. The van der Waals surface area contributed by atoms with Crippen molar-refractivity contribution in [1.82, 2.24) is 4.90 Å². The van der Waals surface area contributed by atoms with Crippen LogP contribution in [0.15, 0.2) is 29.2 Å². The number of anilines is 1. The van der Waals surface area contributed by atoms with E-state index in [4.69, 9.17) is 5.11 Å². The van der Waals surface area contributed by atoms with Crippen molar-refractivity contribution in [3.8, 4) is 0 Å². The average molecular weight is 330 g/mol. The van der Waals surface area contributed by atoms with Crippen molar-refractivity contribution < 1.29 is 23.5 Å². The van der Waals surface area contributed by atoms with Gasteiger partial charge in [-0.05, 0) is 37.1 Å². The van der Waals surface area contributed by atoms with Crippen LogP contribution in [0.5, 0.6) is 0 Å². The van der Waals surface area contributed by atoms with Crippen LogP contribution in [-0.2, 0) is 4.79 Å². The number of thioether (sulfide) groups is 1. The zero-order valence-corrected chi connectivity index (χ0v) is 12.5. The summed E-state index contributed by atoms with van der Waals surface area (Å²) in [4.78, 5) is 24.9. The number of halogens is 2. The molecule has 5 nitrogen and oxygen atoms in total. The summed E-state index contributed by atoms with van der Waals surface area (Å²) in [7, 11) is 0. The minimum absolute atomic E-state index is 0.307. The van der Waals surface area contributed by atoms with Crippen LogP contribution in [0.1, 0.15) is 12.8 Å². The van der Waals surface area contributed by atoms with E-state index in [0.717, 1.165) is 0 Å². The fourth-order valence-electron chi connectivity index (χ4n) is 2.25. The van der Waals surface area contributed by atoms with Crippen molar-refractivity contribution in [3.05, 3.63) is 24.3 Å². The maximum absolute atomic E-state index is 12.2. The maximum atomic E-state index is 12.2. The second-order valence-electron chi connectivity index (χ2n) is 4.93. The van der Waals surface area contributed by atoms with Gasteiger partial charge in [0.25, 0.3) is 5.76 Å². The minimum atomic E-state index is -2.48. The van der Waals surface area contributed by atoms with Crippen LogP contribution in [0.3, 0.4) is 0 Å². The number of urea groups is 1. The number of hydrogen-bond donors (Lipinski definition) is 2. The number of carboxylic acids is 1. The Bertz CT molecular complexity index is 531. The summed E-state index contributed by atoms with van der Waals surface area (Å²) in [5, 5.41) is 11.6. The van der Waals surface area contributed by atoms with Crippen molar-refractivity contribution in [2.24, 2.45) is 5.92 Å². The number of benzene rings is 1. The molecule has 8 heteroatoms. The number of hydrogen-bond acceptors (Lipinski definition) is 3. The Labute approximate surface area is 130 Å². The molecule has 1 aliphatic rings. The maximum Gasteiger partial charge on any atom is 0.321 e. The third kappa shape index (κ3) is 4.59. The normalized spacial score (nSPS) is 15.9. The van der Waals surface area contributed by atoms with E-state index < -0.39 is 17.6 Å². The fraction of sp³-hybridized carbons (Fsp3) is 0.429. The van der Waals surface area contributed by atoms with Gasteiger partial charge in [-0.2, -0.15) is 8.78 Å². The van der Waals surface area contributed by atoms with Crippen molar-refractivity contribution >= 4 is 29.4 Å². The molecule has 0 atom stereocenters. The van der Waals surface area contributed by atoms with Gasteiger partial charge in [-0.15, -0.1) is 0 Å². The third-order valence-electron chi connectivity index (χ3n) is 3.46. The molecule has 22 heavy (non-hydrogen) atoms. The van der Waals surface area contributed by atoms with Crippen LogP contribution in [-0.4, -0.2) is 40.9 Å². The molecule has 0 unspecified atom stereocenters. The van der Waals surface area contributed by atoms with Crippen LogP contribution < -0.4 is 5.32 Å². The number of piperidine rings is 1. The predicted octanol–water partition coefficient (Wildman–Crippen LogP) is 3.33. The highest BCUT2D eigenvalue weighted by Crippen LogP contribution is 2.26. The fourth-order valence-corrected chi connectivity index (χ4v) is 2.75. The smallest absolute Gasteiger partial charge is 0.321 e. The highest BCUT2D eigenvalue weighted by Gasteiger charge is 2.26. The van der Waals surface area contributed by atoms with Gasteiger partial charge in [0.1, 0.15) is 0 Å². The molecule has 0 aromatic heterocycles. The number of rotatable bonds is 4. The summed E-state index contributed by atoms with van der Waals surface area (Å²) in [6, 6.07) is 5.85. The van der Waals surface area contributed by atoms with Crippen molar-refractivity contribution in [2.45, 2.75) is 23.5 Å². The van der Waals surface area contributed by atoms with E-state index in [9.17, 15) is 18.4 Å². The lowest BCUT2D eigenvalue weighted by atomic mass is 9.97. The molecule has 1 heterocycles. The molecule has 0 radical (unpaired) electrons. The van der Waals surface area contributed by atoms with Crippen molar-refractivity contribution in [2.75, 3.05) is 18.4 Å². The third-order valence-corrected chi connectivity index (χ3v) is 4.18. The Morgan fingerprint density at radius 3 is 2.32 bits per heavy atom. The van der Waals surface area contributed by atoms with E-state index in [-0.39, 0.29) is 6.03 Å². The minimum Gasteiger partial charge on any atom is -0.481 e. The SMILES string of the molecule is O=C(O)C1CCN(C(=O)Nc2ccc(SC(F)F)cc2)CC1. The summed E-state index contributed by atoms with van der Waals surface area (Å²) >= 11 is 0.445. The lowest BCUT2D eigenvalue weighted by Gasteiger charge is -2.30. The van der Waals surface area contributed by atoms with Crippen LogP contribution in [0.4, 0.5) is 19.3 Å². The first-order chi connectivity index (χ1) is 10.5. The van der Waals surface area contributed by atoms with Crippen molar-refractivity contribution in [3.63, 3.8) is 0 Å². The van der Waals surface area contributed by atoms with Gasteiger partial charge in [0.2, 0.25) is 0 Å². The van der Waals surface area contributed by atoms with Gasteiger partial charge in [-0.1, -0.05) is 11.8 Å². The van der Waals surface area contributed by atoms with Gasteiger partial charge in [0.05, 0.1) is 5.92 Å². The molecule has 1 fully saturated rings. The molecule has 1 aliphatic heterocycles. The summed E-state index contributed by atoms with van der Waals surface area (Å²) in [5.74, 6) is -3.70. The standard InChI is InChI=1S/C14H16F2N2O3S/c15-13(16)22-11-3-1-10(2-4-11)17-14(21)18-7-5-9(6-8-18)12(19)20/h1-4,9,13H,5-8H2,(H,17,21)(H,19,20). The van der Waals surface area contributed by atoms with E-state index in [2.05, 4.69) is 5.32 Å². The van der Waals surface area contributed by atoms with Gasteiger partial charge < -0.3 is 15.3 Å². The first kappa shape index (κ1) is 16.5. The second-order valence-corrected chi connectivity index (χ2v) is 6.00. The zero-order chi connectivity index (χ0) is 16.1. The second kappa shape index (κ2) is 7.44. The number of nitrogens with one attached hydrogen (secondary N) is 1. The van der Waals surface area contributed by atoms with Gasteiger partial charge in [-0.3, -0.25) is 4.79 Å². The molecule has 0 spiro atoms. The summed E-state index contributed by atoms with van der Waals surface area (Å²) in [6.45, 7) is 0.782. The average Bonchev–Trinajstić information content (AvgIpc) is 2.49. The van der Waals surface area contributed by atoms with Gasteiger partial charge in [0, 0.05) is 23.7 Å². The Morgan fingerprint density at radius 2 is 1.82 bits per heavy atom. The molecule has 120 valence electrons. The number of aliphatic carboxylic acids is 1. The van der Waals surface area contributed by atoms with Crippen LogP contribution in [0.25, 0.3) is 0 Å².